The van der Waals surface area contributed by atoms with Crippen molar-refractivity contribution in [3.8, 4) is 0 Å². The van der Waals surface area contributed by atoms with Gasteiger partial charge in [-0.2, -0.15) is 0 Å². The number of halogens is 2. The molecule has 11 heavy (non-hydrogen) atoms. The standard InChI is InChI=1S/C7H12ClIN2/c8-6-2-1-4-5(9)3-10-7(4)11-6/h4-7,10-11H,1-3H2. The molecule has 0 aromatic heterocycles. The molecular weight excluding hydrogens is 274 g/mol. The van der Waals surface area contributed by atoms with Crippen molar-refractivity contribution in [2.75, 3.05) is 6.54 Å². The van der Waals surface area contributed by atoms with Gasteiger partial charge < -0.3 is 5.32 Å². The Morgan fingerprint density at radius 1 is 1.36 bits per heavy atom. The van der Waals surface area contributed by atoms with Crippen molar-refractivity contribution in [2.24, 2.45) is 5.92 Å². The summed E-state index contributed by atoms with van der Waals surface area (Å²) >= 11 is 8.51. The molecule has 64 valence electrons. The van der Waals surface area contributed by atoms with Gasteiger partial charge in [0, 0.05) is 16.4 Å². The molecule has 0 saturated carbocycles. The fourth-order valence-electron chi connectivity index (χ4n) is 1.90. The lowest BCUT2D eigenvalue weighted by molar-refractivity contribution is 0.289. The number of fused-ring (bicyclic) bond motifs is 1. The van der Waals surface area contributed by atoms with Gasteiger partial charge in [0.05, 0.1) is 11.7 Å². The molecule has 2 fully saturated rings. The van der Waals surface area contributed by atoms with Crippen molar-refractivity contribution in [2.45, 2.75) is 28.4 Å². The van der Waals surface area contributed by atoms with Gasteiger partial charge in [-0.1, -0.05) is 22.6 Å². The first-order chi connectivity index (χ1) is 5.27. The molecule has 0 bridgehead atoms. The summed E-state index contributed by atoms with van der Waals surface area (Å²) in [4.78, 5) is 0. The molecule has 2 rings (SSSR count). The lowest BCUT2D eigenvalue weighted by atomic mass is 9.96. The molecule has 0 aromatic rings. The monoisotopic (exact) mass is 286 g/mol. The molecule has 0 spiro atoms. The molecule has 0 amide bonds. The second kappa shape index (κ2) is 3.36. The van der Waals surface area contributed by atoms with Gasteiger partial charge in [0.15, 0.2) is 0 Å². The third kappa shape index (κ3) is 1.66. The van der Waals surface area contributed by atoms with E-state index in [2.05, 4.69) is 33.2 Å². The Morgan fingerprint density at radius 3 is 3.00 bits per heavy atom. The summed E-state index contributed by atoms with van der Waals surface area (Å²) in [5.41, 5.74) is 0.186. The molecule has 2 aliphatic rings. The van der Waals surface area contributed by atoms with Crippen LogP contribution in [0, 0.1) is 5.92 Å². The SMILES string of the molecule is ClC1CCC2C(I)CNC2N1. The van der Waals surface area contributed by atoms with Crippen LogP contribution in [-0.4, -0.2) is 22.1 Å². The number of hydrogen-bond donors (Lipinski definition) is 2. The van der Waals surface area contributed by atoms with Crippen molar-refractivity contribution in [3.05, 3.63) is 0 Å². The highest BCUT2D eigenvalue weighted by Gasteiger charge is 2.37. The van der Waals surface area contributed by atoms with Crippen LogP contribution < -0.4 is 10.6 Å². The van der Waals surface area contributed by atoms with Crippen LogP contribution in [0.4, 0.5) is 0 Å². The summed E-state index contributed by atoms with van der Waals surface area (Å²) < 4.78 is 0.786. The molecular formula is C7H12ClIN2. The number of rotatable bonds is 0. The molecule has 4 heteroatoms. The van der Waals surface area contributed by atoms with Gasteiger partial charge in [-0.15, -0.1) is 11.6 Å². The van der Waals surface area contributed by atoms with Crippen LogP contribution in [0.1, 0.15) is 12.8 Å². The fraction of sp³-hybridized carbons (Fsp3) is 1.00. The van der Waals surface area contributed by atoms with Crippen LogP contribution in [0.15, 0.2) is 0 Å². The highest BCUT2D eigenvalue weighted by atomic mass is 127. The highest BCUT2D eigenvalue weighted by Crippen LogP contribution is 2.31. The fourth-order valence-corrected chi connectivity index (χ4v) is 3.19. The van der Waals surface area contributed by atoms with Gasteiger partial charge in [-0.25, -0.2) is 0 Å². The topological polar surface area (TPSA) is 24.1 Å². The van der Waals surface area contributed by atoms with Crippen molar-refractivity contribution in [1.29, 1.82) is 0 Å². The van der Waals surface area contributed by atoms with Crippen molar-refractivity contribution in [1.82, 2.24) is 10.6 Å². The minimum atomic E-state index is 0.186. The van der Waals surface area contributed by atoms with Gasteiger partial charge in [0.2, 0.25) is 0 Å². The van der Waals surface area contributed by atoms with E-state index < -0.39 is 0 Å². The van der Waals surface area contributed by atoms with Gasteiger partial charge in [-0.05, 0) is 12.8 Å². The van der Waals surface area contributed by atoms with Crippen molar-refractivity contribution < 1.29 is 0 Å². The van der Waals surface area contributed by atoms with Crippen LogP contribution in [0.25, 0.3) is 0 Å². The molecule has 0 aromatic carbocycles. The van der Waals surface area contributed by atoms with E-state index in [9.17, 15) is 0 Å². The third-order valence-corrected chi connectivity index (χ3v) is 4.25. The maximum Gasteiger partial charge on any atom is 0.0837 e. The van der Waals surface area contributed by atoms with Crippen LogP contribution in [0.2, 0.25) is 0 Å². The second-order valence-electron chi connectivity index (χ2n) is 3.28. The predicted molar refractivity (Wildman–Crippen MR) is 55.1 cm³/mol. The molecule has 2 nitrogen and oxygen atoms in total. The minimum Gasteiger partial charge on any atom is -0.301 e. The third-order valence-electron chi connectivity index (χ3n) is 2.54. The van der Waals surface area contributed by atoms with E-state index in [0.29, 0.717) is 6.17 Å². The van der Waals surface area contributed by atoms with E-state index in [1.807, 2.05) is 0 Å². The Bertz CT molecular complexity index is 155. The molecule has 4 unspecified atom stereocenters. The molecule has 4 atom stereocenters. The van der Waals surface area contributed by atoms with E-state index in [-0.39, 0.29) is 5.50 Å². The van der Waals surface area contributed by atoms with Gasteiger partial charge in [0.25, 0.3) is 0 Å². The summed E-state index contributed by atoms with van der Waals surface area (Å²) in [6.45, 7) is 1.13. The summed E-state index contributed by atoms with van der Waals surface area (Å²) in [5, 5.41) is 6.79. The van der Waals surface area contributed by atoms with Crippen LogP contribution in [-0.2, 0) is 0 Å². The number of nitrogens with one attached hydrogen (secondary N) is 2. The number of piperidine rings is 1. The van der Waals surface area contributed by atoms with E-state index in [4.69, 9.17) is 11.6 Å². The lowest BCUT2D eigenvalue weighted by Gasteiger charge is -2.30. The van der Waals surface area contributed by atoms with Crippen LogP contribution >= 0.6 is 34.2 Å². The zero-order valence-corrected chi connectivity index (χ0v) is 9.10. The van der Waals surface area contributed by atoms with Crippen molar-refractivity contribution in [3.63, 3.8) is 0 Å². The van der Waals surface area contributed by atoms with E-state index >= 15 is 0 Å². The molecule has 2 saturated heterocycles. The van der Waals surface area contributed by atoms with Crippen LogP contribution in [0.3, 0.4) is 0 Å². The average Bonchev–Trinajstić information content (AvgIpc) is 2.32. The maximum atomic E-state index is 5.98. The Balaban J connectivity index is 2.00. The molecule has 2 N–H and O–H groups in total. The van der Waals surface area contributed by atoms with Crippen LogP contribution in [0.5, 0.6) is 0 Å². The van der Waals surface area contributed by atoms with Crippen molar-refractivity contribution >= 4 is 34.2 Å². The Kier molecular flexibility index (Phi) is 2.61. The highest BCUT2D eigenvalue weighted by molar-refractivity contribution is 14.1. The quantitative estimate of drug-likeness (QED) is 0.398. The van der Waals surface area contributed by atoms with E-state index in [1.165, 1.54) is 6.42 Å². The first-order valence-corrected chi connectivity index (χ1v) is 5.73. The summed E-state index contributed by atoms with van der Waals surface area (Å²) in [5.74, 6) is 0.797. The zero-order valence-electron chi connectivity index (χ0n) is 6.19. The first-order valence-electron chi connectivity index (χ1n) is 4.05. The largest absolute Gasteiger partial charge is 0.301 e. The first kappa shape index (κ1) is 8.53. The Morgan fingerprint density at radius 2 is 2.18 bits per heavy atom. The molecule has 0 aliphatic carbocycles. The zero-order chi connectivity index (χ0) is 7.84. The lowest BCUT2D eigenvalue weighted by Crippen LogP contribution is -2.49. The number of alkyl halides is 2. The summed E-state index contributed by atoms with van der Waals surface area (Å²) in [6, 6.07) is 0. The molecule has 0 radical (unpaired) electrons. The second-order valence-corrected chi connectivity index (χ2v) is 5.40. The summed E-state index contributed by atoms with van der Waals surface area (Å²) in [7, 11) is 0. The molecule has 2 aliphatic heterocycles. The Labute approximate surface area is 85.6 Å². The normalized spacial score (nSPS) is 50.7. The summed E-state index contributed by atoms with van der Waals surface area (Å²) in [6.07, 6.45) is 2.87. The van der Waals surface area contributed by atoms with Gasteiger partial charge in [0.1, 0.15) is 0 Å². The Hall–Kier alpha value is 0.940. The van der Waals surface area contributed by atoms with Gasteiger partial charge in [-0.3, -0.25) is 5.32 Å². The number of hydrogen-bond acceptors (Lipinski definition) is 2. The van der Waals surface area contributed by atoms with E-state index in [1.54, 1.807) is 0 Å². The smallest absolute Gasteiger partial charge is 0.0837 e. The molecule has 2 heterocycles. The van der Waals surface area contributed by atoms with E-state index in [0.717, 1.165) is 22.8 Å². The predicted octanol–water partition coefficient (Wildman–Crippen LogP) is 1.28. The van der Waals surface area contributed by atoms with Gasteiger partial charge >= 0.3 is 0 Å². The average molecular weight is 287 g/mol. The minimum absolute atomic E-state index is 0.186. The maximum absolute atomic E-state index is 5.98.